The second-order valence-corrected chi connectivity index (χ2v) is 6.84. The van der Waals surface area contributed by atoms with E-state index in [9.17, 15) is 9.59 Å². The van der Waals surface area contributed by atoms with Crippen LogP contribution in [0.4, 0.5) is 0 Å². The Bertz CT molecular complexity index is 1210. The van der Waals surface area contributed by atoms with Crippen LogP contribution in [0.5, 0.6) is 0 Å². The van der Waals surface area contributed by atoms with Crippen molar-refractivity contribution in [3.8, 4) is 11.1 Å². The third-order valence-electron chi connectivity index (χ3n) is 5.07. The second kappa shape index (κ2) is 6.46. The number of hydrogen-bond acceptors (Lipinski definition) is 3. The molecule has 0 unspecified atom stereocenters. The van der Waals surface area contributed by atoms with Gasteiger partial charge in [-0.1, -0.05) is 36.4 Å². The molecule has 0 atom stereocenters. The van der Waals surface area contributed by atoms with Gasteiger partial charge in [0.25, 0.3) is 5.91 Å². The van der Waals surface area contributed by atoms with Crippen molar-refractivity contribution in [3.05, 3.63) is 95.4 Å². The highest BCUT2D eigenvalue weighted by atomic mass is 16.1. The molecule has 1 amide bonds. The molecule has 1 N–H and O–H groups in total. The standard InChI is InChI=1S/C23H17N3O2/c27-22-19-6-2-1-5-17(19)18-9-8-15(13-20(18)22)23(28)24-11-10-16-14-26-12-4-3-7-21(26)25-16/h1-9,12-14H,10-11H2,(H,24,28). The van der Waals surface area contributed by atoms with E-state index in [1.807, 2.05) is 65.3 Å². The Morgan fingerprint density at radius 3 is 2.57 bits per heavy atom. The predicted molar refractivity (Wildman–Crippen MR) is 107 cm³/mol. The fourth-order valence-corrected chi connectivity index (χ4v) is 3.68. The molecule has 4 aromatic rings. The van der Waals surface area contributed by atoms with Crippen molar-refractivity contribution < 1.29 is 9.59 Å². The van der Waals surface area contributed by atoms with Crippen molar-refractivity contribution in [2.24, 2.45) is 0 Å². The summed E-state index contributed by atoms with van der Waals surface area (Å²) in [5.74, 6) is -0.208. The first-order valence-electron chi connectivity index (χ1n) is 9.20. The molecule has 2 heterocycles. The van der Waals surface area contributed by atoms with E-state index >= 15 is 0 Å². The van der Waals surface area contributed by atoms with Gasteiger partial charge in [-0.05, 0) is 35.4 Å². The molecular weight excluding hydrogens is 350 g/mol. The average Bonchev–Trinajstić information content (AvgIpc) is 3.27. The maximum Gasteiger partial charge on any atom is 0.251 e. The van der Waals surface area contributed by atoms with Crippen molar-refractivity contribution in [1.29, 1.82) is 0 Å². The summed E-state index contributed by atoms with van der Waals surface area (Å²) in [6.45, 7) is 0.480. The minimum Gasteiger partial charge on any atom is -0.352 e. The zero-order valence-electron chi connectivity index (χ0n) is 15.1. The normalized spacial score (nSPS) is 12.1. The number of hydrogen-bond donors (Lipinski definition) is 1. The molecule has 0 bridgehead atoms. The zero-order valence-corrected chi connectivity index (χ0v) is 15.1. The van der Waals surface area contributed by atoms with Crippen LogP contribution >= 0.6 is 0 Å². The topological polar surface area (TPSA) is 63.5 Å². The number of carbonyl (C=O) groups excluding carboxylic acids is 2. The van der Waals surface area contributed by atoms with E-state index in [2.05, 4.69) is 10.3 Å². The largest absolute Gasteiger partial charge is 0.352 e. The molecule has 0 saturated carbocycles. The fourth-order valence-electron chi connectivity index (χ4n) is 3.68. The number of amides is 1. The molecule has 5 heteroatoms. The summed E-state index contributed by atoms with van der Waals surface area (Å²) in [5, 5.41) is 2.92. The summed E-state index contributed by atoms with van der Waals surface area (Å²) < 4.78 is 1.96. The highest BCUT2D eigenvalue weighted by Crippen LogP contribution is 2.36. The van der Waals surface area contributed by atoms with Gasteiger partial charge < -0.3 is 9.72 Å². The van der Waals surface area contributed by atoms with Gasteiger partial charge in [0.15, 0.2) is 5.78 Å². The van der Waals surface area contributed by atoms with Crippen LogP contribution in [0.15, 0.2) is 73.1 Å². The van der Waals surface area contributed by atoms with Crippen LogP contribution in [0.25, 0.3) is 16.8 Å². The van der Waals surface area contributed by atoms with E-state index in [0.29, 0.717) is 29.7 Å². The van der Waals surface area contributed by atoms with Crippen molar-refractivity contribution in [1.82, 2.24) is 14.7 Å². The number of fused-ring (bicyclic) bond motifs is 4. The first kappa shape index (κ1) is 16.4. The maximum atomic E-state index is 12.6. The van der Waals surface area contributed by atoms with E-state index < -0.39 is 0 Å². The Labute approximate surface area is 161 Å². The summed E-state index contributed by atoms with van der Waals surface area (Å²) >= 11 is 0. The molecule has 0 saturated heterocycles. The van der Waals surface area contributed by atoms with E-state index in [1.165, 1.54) is 0 Å². The lowest BCUT2D eigenvalue weighted by Gasteiger charge is -2.06. The number of pyridine rings is 1. The first-order chi connectivity index (χ1) is 13.7. The Morgan fingerprint density at radius 1 is 0.929 bits per heavy atom. The SMILES string of the molecule is O=C(NCCc1cn2ccccc2n1)c1ccc2c(c1)C(=O)c1ccccc1-2. The monoisotopic (exact) mass is 367 g/mol. The second-order valence-electron chi connectivity index (χ2n) is 6.84. The third-order valence-corrected chi connectivity index (χ3v) is 5.07. The quantitative estimate of drug-likeness (QED) is 0.529. The van der Waals surface area contributed by atoms with Crippen LogP contribution in [-0.4, -0.2) is 27.6 Å². The van der Waals surface area contributed by atoms with Gasteiger partial charge in [0.05, 0.1) is 5.69 Å². The zero-order chi connectivity index (χ0) is 19.1. The van der Waals surface area contributed by atoms with Crippen LogP contribution in [-0.2, 0) is 6.42 Å². The molecule has 5 rings (SSSR count). The lowest BCUT2D eigenvalue weighted by molar-refractivity contribution is 0.0954. The molecule has 0 aliphatic heterocycles. The molecule has 28 heavy (non-hydrogen) atoms. The number of aromatic nitrogens is 2. The van der Waals surface area contributed by atoms with E-state index in [0.717, 1.165) is 22.5 Å². The van der Waals surface area contributed by atoms with Crippen molar-refractivity contribution >= 4 is 17.3 Å². The van der Waals surface area contributed by atoms with Gasteiger partial charge in [-0.2, -0.15) is 0 Å². The van der Waals surface area contributed by atoms with Crippen molar-refractivity contribution in [2.45, 2.75) is 6.42 Å². The summed E-state index contributed by atoms with van der Waals surface area (Å²) in [7, 11) is 0. The van der Waals surface area contributed by atoms with E-state index in [-0.39, 0.29) is 11.7 Å². The summed E-state index contributed by atoms with van der Waals surface area (Å²) in [6.07, 6.45) is 4.56. The van der Waals surface area contributed by atoms with Gasteiger partial charge in [-0.25, -0.2) is 4.98 Å². The number of imidazole rings is 1. The van der Waals surface area contributed by atoms with Gasteiger partial charge in [-0.3, -0.25) is 9.59 Å². The minimum atomic E-state index is -0.185. The molecule has 2 aromatic carbocycles. The van der Waals surface area contributed by atoms with Crippen LogP contribution < -0.4 is 5.32 Å². The molecule has 0 spiro atoms. The van der Waals surface area contributed by atoms with Crippen LogP contribution in [0.2, 0.25) is 0 Å². The average molecular weight is 367 g/mol. The summed E-state index contributed by atoms with van der Waals surface area (Å²) in [5.41, 5.74) is 5.42. The molecule has 0 fully saturated rings. The Hall–Kier alpha value is -3.73. The van der Waals surface area contributed by atoms with Gasteiger partial charge in [0.1, 0.15) is 5.65 Å². The highest BCUT2D eigenvalue weighted by molar-refractivity contribution is 6.22. The molecule has 2 aromatic heterocycles. The lowest BCUT2D eigenvalue weighted by atomic mass is 10.0. The lowest BCUT2D eigenvalue weighted by Crippen LogP contribution is -2.26. The van der Waals surface area contributed by atoms with Gasteiger partial charge in [-0.15, -0.1) is 0 Å². The van der Waals surface area contributed by atoms with Crippen LogP contribution in [0.3, 0.4) is 0 Å². The van der Waals surface area contributed by atoms with Crippen LogP contribution in [0.1, 0.15) is 32.0 Å². The van der Waals surface area contributed by atoms with Gasteiger partial charge in [0, 0.05) is 42.0 Å². The fraction of sp³-hybridized carbons (Fsp3) is 0.0870. The number of benzene rings is 2. The molecule has 5 nitrogen and oxygen atoms in total. The third kappa shape index (κ3) is 2.68. The molecular formula is C23H17N3O2. The predicted octanol–water partition coefficient (Wildman–Crippen LogP) is 3.52. The van der Waals surface area contributed by atoms with Crippen molar-refractivity contribution in [2.75, 3.05) is 6.54 Å². The van der Waals surface area contributed by atoms with Gasteiger partial charge >= 0.3 is 0 Å². The number of nitrogens with zero attached hydrogens (tertiary/aromatic N) is 2. The molecule has 136 valence electrons. The Morgan fingerprint density at radius 2 is 1.71 bits per heavy atom. The number of rotatable bonds is 4. The number of nitrogens with one attached hydrogen (secondary N) is 1. The maximum absolute atomic E-state index is 12.6. The van der Waals surface area contributed by atoms with E-state index in [4.69, 9.17) is 0 Å². The Balaban J connectivity index is 1.29. The van der Waals surface area contributed by atoms with Crippen molar-refractivity contribution in [3.63, 3.8) is 0 Å². The minimum absolute atomic E-state index is 0.0232. The first-order valence-corrected chi connectivity index (χ1v) is 9.20. The van der Waals surface area contributed by atoms with Gasteiger partial charge in [0.2, 0.25) is 0 Å². The summed E-state index contributed by atoms with van der Waals surface area (Å²) in [4.78, 5) is 29.7. The molecule has 0 radical (unpaired) electrons. The molecule has 1 aliphatic rings. The van der Waals surface area contributed by atoms with Crippen LogP contribution in [0, 0.1) is 0 Å². The summed E-state index contributed by atoms with van der Waals surface area (Å²) in [6, 6.07) is 18.7. The molecule has 1 aliphatic carbocycles. The smallest absolute Gasteiger partial charge is 0.251 e. The Kier molecular flexibility index (Phi) is 3.79. The number of ketones is 1. The van der Waals surface area contributed by atoms with E-state index in [1.54, 1.807) is 12.1 Å². The number of carbonyl (C=O) groups is 2. The highest BCUT2D eigenvalue weighted by Gasteiger charge is 2.26.